The van der Waals surface area contributed by atoms with Gasteiger partial charge in [0.25, 0.3) is 0 Å². The Morgan fingerprint density at radius 2 is 1.83 bits per heavy atom. The molecule has 1 aliphatic rings. The summed E-state index contributed by atoms with van der Waals surface area (Å²) in [5.41, 5.74) is 0.973. The van der Waals surface area contributed by atoms with Crippen LogP contribution in [0.3, 0.4) is 0 Å². The molecule has 1 saturated heterocycles. The fourth-order valence-corrected chi connectivity index (χ4v) is 3.89. The van der Waals surface area contributed by atoms with Crippen LogP contribution in [-0.2, 0) is 4.74 Å². The van der Waals surface area contributed by atoms with Gasteiger partial charge in [-0.05, 0) is 45.4 Å². The summed E-state index contributed by atoms with van der Waals surface area (Å²) in [6.45, 7) is 14.4. The van der Waals surface area contributed by atoms with E-state index in [0.29, 0.717) is 31.8 Å². The van der Waals surface area contributed by atoms with Gasteiger partial charge < -0.3 is 15.4 Å². The number of hydrogen-bond acceptors (Lipinski definition) is 4. The van der Waals surface area contributed by atoms with Crippen molar-refractivity contribution in [1.82, 2.24) is 20.4 Å². The molecule has 1 heterocycles. The first-order chi connectivity index (χ1) is 13.9. The molecule has 2 N–H and O–H groups in total. The fourth-order valence-electron chi connectivity index (χ4n) is 3.89. The number of aliphatic imine (C=N–C) groups is 1. The minimum atomic E-state index is -0.203. The van der Waals surface area contributed by atoms with Crippen LogP contribution in [-0.4, -0.2) is 80.8 Å². The highest BCUT2D eigenvalue weighted by Gasteiger charge is 2.23. The van der Waals surface area contributed by atoms with Gasteiger partial charge in [-0.15, -0.1) is 24.0 Å². The van der Waals surface area contributed by atoms with Crippen molar-refractivity contribution in [2.75, 3.05) is 53.0 Å². The zero-order valence-corrected chi connectivity index (χ0v) is 21.4. The third-order valence-corrected chi connectivity index (χ3v) is 5.40. The number of morpholine rings is 1. The molecule has 0 spiro atoms. The lowest BCUT2D eigenvalue weighted by atomic mass is 10.0. The molecular formula is C22H39FIN5O. The van der Waals surface area contributed by atoms with Crippen molar-refractivity contribution in [1.29, 1.82) is 0 Å². The van der Waals surface area contributed by atoms with Gasteiger partial charge in [0.15, 0.2) is 5.96 Å². The first-order valence-electron chi connectivity index (χ1n) is 10.7. The predicted molar refractivity (Wildman–Crippen MR) is 133 cm³/mol. The van der Waals surface area contributed by atoms with E-state index in [9.17, 15) is 4.39 Å². The smallest absolute Gasteiger partial charge is 0.191 e. The quantitative estimate of drug-likeness (QED) is 0.289. The van der Waals surface area contributed by atoms with Crippen molar-refractivity contribution in [2.45, 2.75) is 45.8 Å². The van der Waals surface area contributed by atoms with Gasteiger partial charge in [0.2, 0.25) is 0 Å². The molecule has 1 aliphatic heterocycles. The van der Waals surface area contributed by atoms with Gasteiger partial charge in [0.05, 0.1) is 19.3 Å². The molecule has 1 aromatic rings. The highest BCUT2D eigenvalue weighted by Crippen LogP contribution is 2.22. The van der Waals surface area contributed by atoms with Crippen LogP contribution in [0.1, 0.15) is 39.3 Å². The molecule has 2 rings (SSSR count). The third kappa shape index (κ3) is 8.64. The molecule has 1 fully saturated rings. The number of nitrogens with zero attached hydrogens (tertiary/aromatic N) is 3. The maximum absolute atomic E-state index is 13.8. The minimum absolute atomic E-state index is 0. The summed E-state index contributed by atoms with van der Waals surface area (Å²) >= 11 is 0. The number of halogens is 2. The molecule has 0 bridgehead atoms. The second-order valence-electron chi connectivity index (χ2n) is 8.02. The largest absolute Gasteiger partial charge is 0.379 e. The predicted octanol–water partition coefficient (Wildman–Crippen LogP) is 3.10. The zero-order chi connectivity index (χ0) is 21.2. The summed E-state index contributed by atoms with van der Waals surface area (Å²) in [6.07, 6.45) is 0. The Hall–Kier alpha value is -0.970. The summed E-state index contributed by atoms with van der Waals surface area (Å²) in [5.74, 6) is 0.567. The van der Waals surface area contributed by atoms with Crippen LogP contribution >= 0.6 is 24.0 Å². The Morgan fingerprint density at radius 3 is 2.40 bits per heavy atom. The maximum atomic E-state index is 13.8. The lowest BCUT2D eigenvalue weighted by molar-refractivity contribution is 0.0169. The van der Waals surface area contributed by atoms with Crippen molar-refractivity contribution >= 4 is 29.9 Å². The van der Waals surface area contributed by atoms with E-state index in [2.05, 4.69) is 53.1 Å². The first kappa shape index (κ1) is 27.1. The minimum Gasteiger partial charge on any atom is -0.379 e. The molecule has 0 radical (unpaired) electrons. The number of nitrogens with one attached hydrogen (secondary N) is 2. The van der Waals surface area contributed by atoms with Gasteiger partial charge in [-0.1, -0.05) is 12.1 Å². The molecule has 0 amide bonds. The van der Waals surface area contributed by atoms with Crippen LogP contribution in [0.2, 0.25) is 0 Å². The number of guanidine groups is 1. The summed E-state index contributed by atoms with van der Waals surface area (Å²) in [6, 6.07) is 7.96. The van der Waals surface area contributed by atoms with Crippen LogP contribution in [0.15, 0.2) is 29.3 Å². The molecule has 1 atom stereocenters. The van der Waals surface area contributed by atoms with E-state index < -0.39 is 0 Å². The summed E-state index contributed by atoms with van der Waals surface area (Å²) in [7, 11) is 1.78. The molecule has 8 heteroatoms. The normalized spacial score (nSPS) is 16.6. The summed E-state index contributed by atoms with van der Waals surface area (Å²) in [4.78, 5) is 9.15. The zero-order valence-electron chi connectivity index (χ0n) is 19.0. The molecule has 0 saturated carbocycles. The molecule has 6 nitrogen and oxygen atoms in total. The monoisotopic (exact) mass is 535 g/mol. The topological polar surface area (TPSA) is 52.1 Å². The molecular weight excluding hydrogens is 496 g/mol. The van der Waals surface area contributed by atoms with Gasteiger partial charge in [-0.3, -0.25) is 14.8 Å². The van der Waals surface area contributed by atoms with Gasteiger partial charge >= 0.3 is 0 Å². The molecule has 1 aromatic carbocycles. The van der Waals surface area contributed by atoms with Crippen LogP contribution < -0.4 is 10.6 Å². The van der Waals surface area contributed by atoms with Crippen molar-refractivity contribution in [3.63, 3.8) is 0 Å². The highest BCUT2D eigenvalue weighted by atomic mass is 127. The van der Waals surface area contributed by atoms with E-state index in [1.807, 2.05) is 6.07 Å². The van der Waals surface area contributed by atoms with Crippen LogP contribution in [0.5, 0.6) is 0 Å². The molecule has 0 aliphatic carbocycles. The molecule has 172 valence electrons. The van der Waals surface area contributed by atoms with Crippen LogP contribution in [0, 0.1) is 5.82 Å². The summed E-state index contributed by atoms with van der Waals surface area (Å²) in [5, 5.41) is 6.84. The van der Waals surface area contributed by atoms with E-state index in [4.69, 9.17) is 4.74 Å². The number of rotatable bonds is 9. The average molecular weight is 535 g/mol. The Labute approximate surface area is 198 Å². The van der Waals surface area contributed by atoms with Crippen molar-refractivity contribution < 1.29 is 9.13 Å². The van der Waals surface area contributed by atoms with Crippen molar-refractivity contribution in [3.05, 3.63) is 35.6 Å². The molecule has 0 aromatic heterocycles. The van der Waals surface area contributed by atoms with Gasteiger partial charge in [0, 0.05) is 51.9 Å². The number of hydrogen-bond donors (Lipinski definition) is 2. The number of ether oxygens (including phenoxy) is 1. The lowest BCUT2D eigenvalue weighted by Crippen LogP contribution is -2.48. The second kappa shape index (κ2) is 14.2. The van der Waals surface area contributed by atoms with E-state index in [-0.39, 0.29) is 35.8 Å². The summed E-state index contributed by atoms with van der Waals surface area (Å²) < 4.78 is 19.3. The van der Waals surface area contributed by atoms with E-state index in [0.717, 1.165) is 37.7 Å². The first-order valence-corrected chi connectivity index (χ1v) is 10.7. The average Bonchev–Trinajstić information content (AvgIpc) is 2.70. The standard InChI is InChI=1S/C22H38FN5O.HI/c1-17(2)28(18(3)4)10-9-25-22(24-5)26-16-21(27-11-13-29-14-12-27)19-7-6-8-20(23)15-19;/h6-8,15,17-18,21H,9-14,16H2,1-5H3,(H2,24,25,26);1H. The van der Waals surface area contributed by atoms with Crippen molar-refractivity contribution in [3.8, 4) is 0 Å². The van der Waals surface area contributed by atoms with Gasteiger partial charge in [0.1, 0.15) is 5.82 Å². The molecule has 1 unspecified atom stereocenters. The van der Waals surface area contributed by atoms with Gasteiger partial charge in [-0.2, -0.15) is 0 Å². The maximum Gasteiger partial charge on any atom is 0.191 e. The third-order valence-electron chi connectivity index (χ3n) is 5.40. The van der Waals surface area contributed by atoms with E-state index >= 15 is 0 Å². The number of benzene rings is 1. The Balaban J connectivity index is 0.00000450. The SMILES string of the molecule is CN=C(NCCN(C(C)C)C(C)C)NCC(c1cccc(F)c1)N1CCOCC1.I. The van der Waals surface area contributed by atoms with E-state index in [1.165, 1.54) is 6.07 Å². The fraction of sp³-hybridized carbons (Fsp3) is 0.682. The second-order valence-corrected chi connectivity index (χ2v) is 8.02. The Kier molecular flexibility index (Phi) is 12.8. The van der Waals surface area contributed by atoms with Crippen LogP contribution in [0.4, 0.5) is 4.39 Å². The lowest BCUT2D eigenvalue weighted by Gasteiger charge is -2.35. The Bertz CT molecular complexity index is 630. The van der Waals surface area contributed by atoms with Crippen LogP contribution in [0.25, 0.3) is 0 Å². The van der Waals surface area contributed by atoms with E-state index in [1.54, 1.807) is 19.2 Å². The molecule has 30 heavy (non-hydrogen) atoms. The highest BCUT2D eigenvalue weighted by molar-refractivity contribution is 14.0. The van der Waals surface area contributed by atoms with Gasteiger partial charge in [-0.25, -0.2) is 4.39 Å². The van der Waals surface area contributed by atoms with Crippen molar-refractivity contribution in [2.24, 2.45) is 4.99 Å². The Morgan fingerprint density at radius 1 is 1.17 bits per heavy atom.